The van der Waals surface area contributed by atoms with Crippen LogP contribution in [0, 0.1) is 0 Å². The molecule has 2 atom stereocenters. The highest BCUT2D eigenvalue weighted by molar-refractivity contribution is 9.10. The van der Waals surface area contributed by atoms with Gasteiger partial charge in [-0.3, -0.25) is 9.59 Å². The summed E-state index contributed by atoms with van der Waals surface area (Å²) in [5, 5.41) is 3.65. The van der Waals surface area contributed by atoms with Crippen molar-refractivity contribution < 1.29 is 14.3 Å². The Morgan fingerprint density at radius 2 is 1.69 bits per heavy atom. The summed E-state index contributed by atoms with van der Waals surface area (Å²) in [7, 11) is 0. The van der Waals surface area contributed by atoms with Crippen molar-refractivity contribution in [3.63, 3.8) is 0 Å². The lowest BCUT2D eigenvalue weighted by atomic mass is 9.87. The Labute approximate surface area is 246 Å². The highest BCUT2D eigenvalue weighted by Gasteiger charge is 2.31. The summed E-state index contributed by atoms with van der Waals surface area (Å²) in [6.45, 7) is 10.4. The average Bonchev–Trinajstić information content (AvgIpc) is 2.89. The molecule has 0 aliphatic heterocycles. The van der Waals surface area contributed by atoms with Crippen molar-refractivity contribution in [3.05, 3.63) is 99.0 Å². The molecule has 39 heavy (non-hydrogen) atoms. The fraction of sp³-hybridized carbons (Fsp3) is 0.375. The highest BCUT2D eigenvalue weighted by Crippen LogP contribution is 2.31. The first kappa shape index (κ1) is 30.7. The first-order chi connectivity index (χ1) is 18.5. The molecule has 7 heteroatoms. The number of benzene rings is 3. The topological polar surface area (TPSA) is 58.6 Å². The number of carbonyl (C=O) groups is 2. The van der Waals surface area contributed by atoms with Gasteiger partial charge >= 0.3 is 0 Å². The number of ether oxygens (including phenoxy) is 1. The number of carbonyl (C=O) groups excluding carboxylic acids is 2. The molecule has 0 aliphatic carbocycles. The van der Waals surface area contributed by atoms with Crippen LogP contribution >= 0.6 is 27.5 Å². The molecule has 0 fully saturated rings. The molecule has 3 rings (SSSR count). The van der Waals surface area contributed by atoms with Crippen LogP contribution in [-0.2, 0) is 28.0 Å². The summed E-state index contributed by atoms with van der Waals surface area (Å²) in [6, 6.07) is 22.2. The Bertz CT molecular complexity index is 1260. The molecule has 3 aromatic rings. The van der Waals surface area contributed by atoms with Crippen molar-refractivity contribution in [3.8, 4) is 5.75 Å². The fourth-order valence-corrected chi connectivity index (χ4v) is 4.84. The van der Waals surface area contributed by atoms with Gasteiger partial charge in [0.1, 0.15) is 11.8 Å². The number of hydrogen-bond donors (Lipinski definition) is 1. The lowest BCUT2D eigenvalue weighted by Gasteiger charge is -2.32. The third-order valence-electron chi connectivity index (χ3n) is 6.66. The predicted octanol–water partition coefficient (Wildman–Crippen LogP) is 7.33. The van der Waals surface area contributed by atoms with Gasteiger partial charge < -0.3 is 15.0 Å². The van der Waals surface area contributed by atoms with Crippen molar-refractivity contribution in [2.24, 2.45) is 0 Å². The summed E-state index contributed by atoms with van der Waals surface area (Å²) in [4.78, 5) is 29.0. The Balaban J connectivity index is 1.92. The van der Waals surface area contributed by atoms with E-state index in [0.717, 1.165) is 27.6 Å². The van der Waals surface area contributed by atoms with Gasteiger partial charge in [0.05, 0.1) is 4.47 Å². The van der Waals surface area contributed by atoms with Crippen LogP contribution in [0.2, 0.25) is 5.02 Å². The molecule has 0 saturated heterocycles. The molecule has 0 radical (unpaired) electrons. The molecule has 0 saturated carbocycles. The van der Waals surface area contributed by atoms with Gasteiger partial charge in [-0.1, -0.05) is 87.8 Å². The van der Waals surface area contributed by atoms with Gasteiger partial charge in [0.2, 0.25) is 5.91 Å². The second-order valence-electron chi connectivity index (χ2n) is 10.9. The standard InChI is InChI=1S/C32H38BrClN2O3/c1-6-22(2)35-31(38)28(18-23-11-8-7-9-12-23)36(20-24-13-10-14-26(34)17-24)30(37)21-39-29-16-15-25(19-27(29)33)32(3,4)5/h7-17,19,22,28H,6,18,20-21H2,1-5H3,(H,35,38)/t22-,28-/m1/s1. The maximum atomic E-state index is 13.8. The number of rotatable bonds is 11. The Hall–Kier alpha value is -2.83. The smallest absolute Gasteiger partial charge is 0.261 e. The first-order valence-electron chi connectivity index (χ1n) is 13.3. The molecule has 2 amide bonds. The van der Waals surface area contributed by atoms with Crippen LogP contribution in [0.5, 0.6) is 5.75 Å². The number of nitrogens with zero attached hydrogens (tertiary/aromatic N) is 1. The lowest BCUT2D eigenvalue weighted by Crippen LogP contribution is -2.53. The van der Waals surface area contributed by atoms with Crippen LogP contribution in [-0.4, -0.2) is 35.4 Å². The minimum Gasteiger partial charge on any atom is -0.483 e. The molecule has 0 aromatic heterocycles. The van der Waals surface area contributed by atoms with Crippen molar-refractivity contribution >= 4 is 39.3 Å². The molecule has 0 heterocycles. The van der Waals surface area contributed by atoms with Crippen molar-refractivity contribution in [1.29, 1.82) is 0 Å². The average molecular weight is 614 g/mol. The predicted molar refractivity (Wildman–Crippen MR) is 162 cm³/mol. The zero-order chi connectivity index (χ0) is 28.6. The molecular formula is C32H38BrClN2O3. The van der Waals surface area contributed by atoms with E-state index in [1.165, 1.54) is 0 Å². The van der Waals surface area contributed by atoms with Crippen molar-refractivity contribution in [1.82, 2.24) is 10.2 Å². The monoisotopic (exact) mass is 612 g/mol. The zero-order valence-corrected chi connectivity index (χ0v) is 25.7. The van der Waals surface area contributed by atoms with Crippen molar-refractivity contribution in [2.75, 3.05) is 6.61 Å². The van der Waals surface area contributed by atoms with Crippen LogP contribution < -0.4 is 10.1 Å². The fourth-order valence-electron chi connectivity index (χ4n) is 4.13. The van der Waals surface area contributed by atoms with E-state index < -0.39 is 6.04 Å². The number of hydrogen-bond acceptors (Lipinski definition) is 3. The van der Waals surface area contributed by atoms with Gasteiger partial charge in [-0.15, -0.1) is 0 Å². The first-order valence-corrected chi connectivity index (χ1v) is 14.5. The van der Waals surface area contributed by atoms with Crippen molar-refractivity contribution in [2.45, 2.75) is 71.5 Å². The maximum absolute atomic E-state index is 13.8. The molecular weight excluding hydrogens is 576 g/mol. The number of halogens is 2. The van der Waals surface area contributed by atoms with Gasteiger partial charge in [0.15, 0.2) is 6.61 Å². The van der Waals surface area contributed by atoms with Crippen LogP contribution in [0.25, 0.3) is 0 Å². The second kappa shape index (κ2) is 14.0. The normalized spacial score (nSPS) is 12.9. The van der Waals surface area contributed by atoms with E-state index in [2.05, 4.69) is 42.0 Å². The summed E-state index contributed by atoms with van der Waals surface area (Å²) < 4.78 is 6.77. The summed E-state index contributed by atoms with van der Waals surface area (Å²) in [6.07, 6.45) is 1.16. The maximum Gasteiger partial charge on any atom is 0.261 e. The molecule has 1 N–H and O–H groups in total. The Morgan fingerprint density at radius 1 is 1.00 bits per heavy atom. The van der Waals surface area contributed by atoms with Gasteiger partial charge in [-0.25, -0.2) is 0 Å². The van der Waals surface area contributed by atoms with E-state index in [0.29, 0.717) is 17.2 Å². The van der Waals surface area contributed by atoms with E-state index in [1.807, 2.05) is 80.6 Å². The van der Waals surface area contributed by atoms with Crippen LogP contribution in [0.15, 0.2) is 77.3 Å². The van der Waals surface area contributed by atoms with Gasteiger partial charge in [-0.05, 0) is 75.6 Å². The van der Waals surface area contributed by atoms with E-state index in [1.54, 1.807) is 11.0 Å². The SMILES string of the molecule is CC[C@@H](C)NC(=O)[C@@H](Cc1ccccc1)N(Cc1cccc(Cl)c1)C(=O)COc1ccc(C(C)(C)C)cc1Br. The molecule has 0 spiro atoms. The third-order valence-corrected chi connectivity index (χ3v) is 7.52. The summed E-state index contributed by atoms with van der Waals surface area (Å²) >= 11 is 9.85. The number of nitrogens with one attached hydrogen (secondary N) is 1. The van der Waals surface area contributed by atoms with E-state index in [-0.39, 0.29) is 36.4 Å². The Kier molecular flexibility index (Phi) is 11.0. The summed E-state index contributed by atoms with van der Waals surface area (Å²) in [5.74, 6) is 0.0871. The highest BCUT2D eigenvalue weighted by atomic mass is 79.9. The molecule has 5 nitrogen and oxygen atoms in total. The van der Waals surface area contributed by atoms with Gasteiger partial charge in [0, 0.05) is 24.0 Å². The Morgan fingerprint density at radius 3 is 2.31 bits per heavy atom. The molecule has 3 aromatic carbocycles. The van der Waals surface area contributed by atoms with Crippen LogP contribution in [0.3, 0.4) is 0 Å². The summed E-state index contributed by atoms with van der Waals surface area (Å²) in [5.41, 5.74) is 2.94. The zero-order valence-electron chi connectivity index (χ0n) is 23.3. The minimum absolute atomic E-state index is 0.0156. The third kappa shape index (κ3) is 9.11. The van der Waals surface area contributed by atoms with Gasteiger partial charge in [-0.2, -0.15) is 0 Å². The van der Waals surface area contributed by atoms with E-state index >= 15 is 0 Å². The quantitative estimate of drug-likeness (QED) is 0.246. The van der Waals surface area contributed by atoms with Crippen LogP contribution in [0.1, 0.15) is 57.7 Å². The molecule has 208 valence electrons. The van der Waals surface area contributed by atoms with Crippen LogP contribution in [0.4, 0.5) is 0 Å². The largest absolute Gasteiger partial charge is 0.483 e. The lowest BCUT2D eigenvalue weighted by molar-refractivity contribution is -0.143. The molecule has 0 bridgehead atoms. The second-order valence-corrected chi connectivity index (χ2v) is 12.1. The molecule has 0 aliphatic rings. The molecule has 0 unspecified atom stereocenters. The van der Waals surface area contributed by atoms with E-state index in [9.17, 15) is 9.59 Å². The number of amides is 2. The van der Waals surface area contributed by atoms with E-state index in [4.69, 9.17) is 16.3 Å². The minimum atomic E-state index is -0.733. The van der Waals surface area contributed by atoms with Gasteiger partial charge in [0.25, 0.3) is 5.91 Å².